The van der Waals surface area contributed by atoms with E-state index in [9.17, 15) is 18.0 Å². The summed E-state index contributed by atoms with van der Waals surface area (Å²) in [6, 6.07) is 12.0. The number of halogens is 3. The van der Waals surface area contributed by atoms with Gasteiger partial charge in [0, 0.05) is 23.6 Å². The average molecular weight is 422 g/mol. The van der Waals surface area contributed by atoms with Crippen molar-refractivity contribution < 1.29 is 27.4 Å². The molecule has 0 aliphatic carbocycles. The third-order valence-electron chi connectivity index (χ3n) is 3.84. The highest BCUT2D eigenvalue weighted by Crippen LogP contribution is 2.30. The number of methoxy groups -OCH3 is 1. The SMILES string of the molecule is COc1cccc(OCC(=O)Nc2ncc(Cc3cccc(C(F)(F)F)c3)s2)c1. The molecular weight excluding hydrogens is 405 g/mol. The molecule has 0 aliphatic heterocycles. The van der Waals surface area contributed by atoms with Crippen molar-refractivity contribution in [2.45, 2.75) is 12.6 Å². The Hall–Kier alpha value is -3.07. The molecule has 0 saturated carbocycles. The van der Waals surface area contributed by atoms with Gasteiger partial charge in [-0.15, -0.1) is 11.3 Å². The smallest absolute Gasteiger partial charge is 0.416 e. The summed E-state index contributed by atoms with van der Waals surface area (Å²) >= 11 is 1.20. The minimum atomic E-state index is -4.38. The molecule has 3 rings (SSSR count). The fourth-order valence-electron chi connectivity index (χ4n) is 2.50. The van der Waals surface area contributed by atoms with Crippen LogP contribution in [0.1, 0.15) is 16.0 Å². The fourth-order valence-corrected chi connectivity index (χ4v) is 3.36. The largest absolute Gasteiger partial charge is 0.497 e. The molecule has 0 spiro atoms. The second-order valence-corrected chi connectivity index (χ2v) is 7.14. The first kappa shape index (κ1) is 20.7. The molecular formula is C20H17F3N2O3S. The van der Waals surface area contributed by atoms with Gasteiger partial charge in [0.2, 0.25) is 0 Å². The third kappa shape index (κ3) is 5.95. The van der Waals surface area contributed by atoms with Crippen molar-refractivity contribution in [1.82, 2.24) is 4.98 Å². The molecule has 9 heteroatoms. The van der Waals surface area contributed by atoms with Gasteiger partial charge in [-0.25, -0.2) is 4.98 Å². The molecule has 0 aliphatic rings. The monoisotopic (exact) mass is 422 g/mol. The summed E-state index contributed by atoms with van der Waals surface area (Å²) in [5, 5.41) is 2.97. The van der Waals surface area contributed by atoms with Gasteiger partial charge in [-0.3, -0.25) is 10.1 Å². The van der Waals surface area contributed by atoms with Crippen molar-refractivity contribution >= 4 is 22.4 Å². The van der Waals surface area contributed by atoms with Gasteiger partial charge in [0.1, 0.15) is 11.5 Å². The first-order valence-corrected chi connectivity index (χ1v) is 9.32. The van der Waals surface area contributed by atoms with E-state index in [0.29, 0.717) is 22.2 Å². The first-order chi connectivity index (χ1) is 13.8. The van der Waals surface area contributed by atoms with Crippen LogP contribution in [-0.4, -0.2) is 24.6 Å². The summed E-state index contributed by atoms with van der Waals surface area (Å²) < 4.78 is 48.9. The predicted octanol–water partition coefficient (Wildman–Crippen LogP) is 4.78. The number of nitrogens with zero attached hydrogens (tertiary/aromatic N) is 1. The predicted molar refractivity (Wildman–Crippen MR) is 103 cm³/mol. The Kier molecular flexibility index (Phi) is 6.38. The number of alkyl halides is 3. The van der Waals surface area contributed by atoms with Gasteiger partial charge in [-0.2, -0.15) is 13.2 Å². The summed E-state index contributed by atoms with van der Waals surface area (Å²) in [6.07, 6.45) is -2.56. The molecule has 1 heterocycles. The molecule has 5 nitrogen and oxygen atoms in total. The number of rotatable bonds is 7. The minimum absolute atomic E-state index is 0.213. The number of carbonyl (C=O) groups is 1. The van der Waals surface area contributed by atoms with Crippen LogP contribution in [0.5, 0.6) is 11.5 Å². The Morgan fingerprint density at radius 3 is 2.66 bits per heavy atom. The highest BCUT2D eigenvalue weighted by molar-refractivity contribution is 7.15. The van der Waals surface area contributed by atoms with Crippen LogP contribution in [0.2, 0.25) is 0 Å². The van der Waals surface area contributed by atoms with E-state index in [1.165, 1.54) is 30.7 Å². The van der Waals surface area contributed by atoms with E-state index in [1.54, 1.807) is 30.3 Å². The Bertz CT molecular complexity index is 989. The van der Waals surface area contributed by atoms with Gasteiger partial charge in [0.15, 0.2) is 11.7 Å². The summed E-state index contributed by atoms with van der Waals surface area (Å²) in [7, 11) is 1.53. The molecule has 1 amide bonds. The van der Waals surface area contributed by atoms with Crippen molar-refractivity contribution in [2.75, 3.05) is 19.0 Å². The highest BCUT2D eigenvalue weighted by Gasteiger charge is 2.30. The lowest BCUT2D eigenvalue weighted by Gasteiger charge is -2.08. The van der Waals surface area contributed by atoms with Crippen LogP contribution >= 0.6 is 11.3 Å². The van der Waals surface area contributed by atoms with Gasteiger partial charge < -0.3 is 9.47 Å². The van der Waals surface area contributed by atoms with E-state index in [2.05, 4.69) is 10.3 Å². The zero-order valence-corrected chi connectivity index (χ0v) is 16.1. The van der Waals surface area contributed by atoms with Gasteiger partial charge in [-0.05, 0) is 23.8 Å². The standard InChI is InChI=1S/C20H17F3N2O3S/c1-27-15-6-3-7-16(10-15)28-12-18(26)25-19-24-11-17(29-19)9-13-4-2-5-14(8-13)20(21,22)23/h2-8,10-11H,9,12H2,1H3,(H,24,25,26). The van der Waals surface area contributed by atoms with E-state index in [0.717, 1.165) is 17.0 Å². The van der Waals surface area contributed by atoms with Crippen molar-refractivity contribution in [3.05, 3.63) is 70.7 Å². The van der Waals surface area contributed by atoms with Crippen molar-refractivity contribution in [3.63, 3.8) is 0 Å². The van der Waals surface area contributed by atoms with Crippen LogP contribution in [-0.2, 0) is 17.4 Å². The first-order valence-electron chi connectivity index (χ1n) is 8.51. The summed E-state index contributed by atoms with van der Waals surface area (Å²) in [4.78, 5) is 16.9. The van der Waals surface area contributed by atoms with Crippen molar-refractivity contribution in [3.8, 4) is 11.5 Å². The van der Waals surface area contributed by atoms with Gasteiger partial charge in [-0.1, -0.05) is 24.3 Å². The van der Waals surface area contributed by atoms with Gasteiger partial charge in [0.05, 0.1) is 12.7 Å². The molecule has 0 unspecified atom stereocenters. The average Bonchev–Trinajstić information content (AvgIpc) is 3.12. The Morgan fingerprint density at radius 1 is 1.14 bits per heavy atom. The number of thiazole rings is 1. The third-order valence-corrected chi connectivity index (χ3v) is 4.76. The molecule has 29 heavy (non-hydrogen) atoms. The number of aromatic nitrogens is 1. The van der Waals surface area contributed by atoms with Crippen molar-refractivity contribution in [2.24, 2.45) is 0 Å². The lowest BCUT2D eigenvalue weighted by Crippen LogP contribution is -2.19. The van der Waals surface area contributed by atoms with Crippen LogP contribution in [0.15, 0.2) is 54.7 Å². The van der Waals surface area contributed by atoms with E-state index in [-0.39, 0.29) is 13.0 Å². The van der Waals surface area contributed by atoms with E-state index in [1.807, 2.05) is 0 Å². The Morgan fingerprint density at radius 2 is 1.90 bits per heavy atom. The molecule has 1 aromatic heterocycles. The molecule has 3 aromatic rings. The van der Waals surface area contributed by atoms with Crippen LogP contribution in [0, 0.1) is 0 Å². The van der Waals surface area contributed by atoms with Crippen molar-refractivity contribution in [1.29, 1.82) is 0 Å². The number of carbonyl (C=O) groups excluding carboxylic acids is 1. The van der Waals surface area contributed by atoms with E-state index in [4.69, 9.17) is 9.47 Å². The zero-order chi connectivity index (χ0) is 20.9. The lowest BCUT2D eigenvalue weighted by atomic mass is 10.1. The van der Waals surface area contributed by atoms with Crippen LogP contribution in [0.25, 0.3) is 0 Å². The number of anilines is 1. The normalized spacial score (nSPS) is 11.2. The number of ether oxygens (including phenoxy) is 2. The topological polar surface area (TPSA) is 60.5 Å². The Balaban J connectivity index is 1.55. The molecule has 0 atom stereocenters. The van der Waals surface area contributed by atoms with Crippen LogP contribution in [0.4, 0.5) is 18.3 Å². The van der Waals surface area contributed by atoms with E-state index >= 15 is 0 Å². The van der Waals surface area contributed by atoms with E-state index < -0.39 is 17.6 Å². The summed E-state index contributed by atoms with van der Waals surface area (Å²) in [5.41, 5.74) is -0.176. The number of amides is 1. The Labute approximate surface area is 169 Å². The summed E-state index contributed by atoms with van der Waals surface area (Å²) in [5.74, 6) is 0.707. The molecule has 152 valence electrons. The van der Waals surface area contributed by atoms with Crippen LogP contribution in [0.3, 0.4) is 0 Å². The van der Waals surface area contributed by atoms with Crippen LogP contribution < -0.4 is 14.8 Å². The molecule has 0 fully saturated rings. The minimum Gasteiger partial charge on any atom is -0.497 e. The second-order valence-electron chi connectivity index (χ2n) is 6.02. The maximum absolute atomic E-state index is 12.8. The summed E-state index contributed by atoms with van der Waals surface area (Å²) in [6.45, 7) is -0.213. The highest BCUT2D eigenvalue weighted by atomic mass is 32.1. The number of benzene rings is 2. The maximum atomic E-state index is 12.8. The van der Waals surface area contributed by atoms with Gasteiger partial charge >= 0.3 is 6.18 Å². The van der Waals surface area contributed by atoms with Gasteiger partial charge in [0.25, 0.3) is 5.91 Å². The fraction of sp³-hybridized carbons (Fsp3) is 0.200. The molecule has 0 saturated heterocycles. The molecule has 0 bridgehead atoms. The second kappa shape index (κ2) is 8.95. The molecule has 0 radical (unpaired) electrons. The quantitative estimate of drug-likeness (QED) is 0.595. The maximum Gasteiger partial charge on any atom is 0.416 e. The zero-order valence-electron chi connectivity index (χ0n) is 15.3. The number of hydrogen-bond acceptors (Lipinski definition) is 5. The number of hydrogen-bond donors (Lipinski definition) is 1. The molecule has 1 N–H and O–H groups in total. The number of nitrogens with one attached hydrogen (secondary N) is 1. The lowest BCUT2D eigenvalue weighted by molar-refractivity contribution is -0.137. The molecule has 2 aromatic carbocycles.